The van der Waals surface area contributed by atoms with Gasteiger partial charge < -0.3 is 10.6 Å². The second-order valence-electron chi connectivity index (χ2n) is 4.40. The van der Waals surface area contributed by atoms with E-state index < -0.39 is 26.7 Å². The maximum Gasteiger partial charge on any atom is 0.241 e. The molecule has 0 heterocycles. The number of benzene rings is 1. The van der Waals surface area contributed by atoms with Gasteiger partial charge in [-0.15, -0.1) is 0 Å². The Labute approximate surface area is 108 Å². The molecule has 6 heteroatoms. The Balaban J connectivity index is 2.82. The lowest BCUT2D eigenvalue weighted by Gasteiger charge is -2.18. The lowest BCUT2D eigenvalue weighted by molar-refractivity contribution is -0.115. The summed E-state index contributed by atoms with van der Waals surface area (Å²) < 4.78 is 23.3. The van der Waals surface area contributed by atoms with E-state index in [1.165, 1.54) is 4.90 Å². The molecule has 100 valence electrons. The molecule has 2 N–H and O–H groups in total. The number of nitrogen functional groups attached to an aromatic ring is 1. The van der Waals surface area contributed by atoms with Crippen molar-refractivity contribution in [1.82, 2.24) is 0 Å². The molecule has 0 spiro atoms. The molecule has 0 radical (unpaired) electrons. The first kappa shape index (κ1) is 14.5. The van der Waals surface area contributed by atoms with Crippen molar-refractivity contribution in [2.24, 2.45) is 0 Å². The van der Waals surface area contributed by atoms with Crippen molar-refractivity contribution >= 4 is 27.1 Å². The lowest BCUT2D eigenvalue weighted by atomic mass is 10.2. The predicted molar refractivity (Wildman–Crippen MR) is 73.2 cm³/mol. The molecule has 0 saturated heterocycles. The molecular formula is C12H18N2O3S. The summed E-state index contributed by atoms with van der Waals surface area (Å²) in [5.41, 5.74) is 6.76. The van der Waals surface area contributed by atoms with Crippen molar-refractivity contribution in [2.75, 3.05) is 23.4 Å². The third kappa shape index (κ3) is 3.46. The highest BCUT2D eigenvalue weighted by Crippen LogP contribution is 2.15. The second-order valence-corrected chi connectivity index (χ2v) is 6.96. The molecule has 0 aliphatic carbocycles. The van der Waals surface area contributed by atoms with Gasteiger partial charge in [0, 0.05) is 18.4 Å². The summed E-state index contributed by atoms with van der Waals surface area (Å²) in [6.07, 6.45) is 0. The summed E-state index contributed by atoms with van der Waals surface area (Å²) in [4.78, 5) is 13.2. The molecule has 1 amide bonds. The molecule has 0 saturated carbocycles. The van der Waals surface area contributed by atoms with Crippen LogP contribution in [0, 0.1) is 0 Å². The Bertz CT molecular complexity index is 521. The van der Waals surface area contributed by atoms with Crippen LogP contribution in [0.2, 0.25) is 0 Å². The molecule has 0 aliphatic rings. The van der Waals surface area contributed by atoms with Crippen LogP contribution in [-0.4, -0.2) is 32.4 Å². The predicted octanol–water partition coefficient (Wildman–Crippen LogP) is 1.05. The first-order chi connectivity index (χ1) is 8.24. The molecule has 1 aromatic carbocycles. The third-order valence-corrected chi connectivity index (χ3v) is 4.78. The van der Waals surface area contributed by atoms with Gasteiger partial charge in [0.2, 0.25) is 5.91 Å². The number of rotatable bonds is 4. The number of anilines is 2. The third-order valence-electron chi connectivity index (χ3n) is 2.70. The number of carbonyl (C=O) groups excluding carboxylic acids is 1. The van der Waals surface area contributed by atoms with E-state index in [1.807, 2.05) is 0 Å². The zero-order valence-corrected chi connectivity index (χ0v) is 11.6. The summed E-state index contributed by atoms with van der Waals surface area (Å²) >= 11 is 0. The fourth-order valence-corrected chi connectivity index (χ4v) is 2.15. The molecule has 0 unspecified atom stereocenters. The van der Waals surface area contributed by atoms with Crippen LogP contribution >= 0.6 is 0 Å². The Morgan fingerprint density at radius 1 is 1.28 bits per heavy atom. The van der Waals surface area contributed by atoms with E-state index in [1.54, 1.807) is 45.2 Å². The standard InChI is InChI=1S/C12H18N2O3S/c1-9(2)18(16,17)8-12(15)14(3)11-6-4-10(13)5-7-11/h4-7,9H,8,13H2,1-3H3. The van der Waals surface area contributed by atoms with Crippen LogP contribution in [-0.2, 0) is 14.6 Å². The summed E-state index contributed by atoms with van der Waals surface area (Å²) in [6, 6.07) is 6.68. The highest BCUT2D eigenvalue weighted by Gasteiger charge is 2.23. The first-order valence-corrected chi connectivity index (χ1v) is 7.29. The Kier molecular flexibility index (Phi) is 4.34. The van der Waals surface area contributed by atoms with Crippen LogP contribution in [0.5, 0.6) is 0 Å². The molecule has 0 atom stereocenters. The minimum absolute atomic E-state index is 0.450. The number of nitrogens with zero attached hydrogens (tertiary/aromatic N) is 1. The van der Waals surface area contributed by atoms with Crippen LogP contribution in [0.15, 0.2) is 24.3 Å². The van der Waals surface area contributed by atoms with E-state index in [0.717, 1.165) is 0 Å². The number of carbonyl (C=O) groups is 1. The molecule has 5 nitrogen and oxygen atoms in total. The van der Waals surface area contributed by atoms with E-state index in [9.17, 15) is 13.2 Å². The Morgan fingerprint density at radius 3 is 2.22 bits per heavy atom. The molecule has 1 aromatic rings. The number of hydrogen-bond acceptors (Lipinski definition) is 4. The van der Waals surface area contributed by atoms with E-state index in [2.05, 4.69) is 0 Å². The van der Waals surface area contributed by atoms with Crippen molar-refractivity contribution in [3.05, 3.63) is 24.3 Å². The quantitative estimate of drug-likeness (QED) is 0.829. The van der Waals surface area contributed by atoms with Crippen molar-refractivity contribution < 1.29 is 13.2 Å². The minimum Gasteiger partial charge on any atom is -0.399 e. The average molecular weight is 270 g/mol. The zero-order chi connectivity index (χ0) is 13.9. The van der Waals surface area contributed by atoms with Crippen molar-refractivity contribution in [1.29, 1.82) is 0 Å². The Morgan fingerprint density at radius 2 is 1.78 bits per heavy atom. The molecule has 0 aliphatic heterocycles. The number of nitrogens with two attached hydrogens (primary N) is 1. The second kappa shape index (κ2) is 5.39. The maximum atomic E-state index is 11.9. The van der Waals surface area contributed by atoms with Gasteiger partial charge in [-0.05, 0) is 38.1 Å². The number of sulfone groups is 1. The monoisotopic (exact) mass is 270 g/mol. The molecule has 0 aromatic heterocycles. The van der Waals surface area contributed by atoms with Crippen molar-refractivity contribution in [3.63, 3.8) is 0 Å². The van der Waals surface area contributed by atoms with Gasteiger partial charge in [0.25, 0.3) is 0 Å². The van der Waals surface area contributed by atoms with E-state index in [0.29, 0.717) is 11.4 Å². The number of hydrogen-bond donors (Lipinski definition) is 1. The first-order valence-electron chi connectivity index (χ1n) is 5.57. The Hall–Kier alpha value is -1.56. The highest BCUT2D eigenvalue weighted by molar-refractivity contribution is 7.92. The van der Waals surface area contributed by atoms with E-state index >= 15 is 0 Å². The van der Waals surface area contributed by atoms with Gasteiger partial charge in [-0.1, -0.05) is 0 Å². The minimum atomic E-state index is -3.37. The summed E-state index contributed by atoms with van der Waals surface area (Å²) in [6.45, 7) is 3.12. The zero-order valence-electron chi connectivity index (χ0n) is 10.8. The van der Waals surface area contributed by atoms with Gasteiger partial charge in [-0.3, -0.25) is 4.79 Å². The molecular weight excluding hydrogens is 252 g/mol. The molecule has 0 fully saturated rings. The summed E-state index contributed by atoms with van der Waals surface area (Å²) in [5.74, 6) is -0.931. The molecule has 18 heavy (non-hydrogen) atoms. The van der Waals surface area contributed by atoms with E-state index in [4.69, 9.17) is 5.73 Å². The number of amides is 1. The van der Waals surface area contributed by atoms with Crippen molar-refractivity contribution in [2.45, 2.75) is 19.1 Å². The SMILES string of the molecule is CC(C)S(=O)(=O)CC(=O)N(C)c1ccc(N)cc1. The van der Waals surface area contributed by atoms with Crippen molar-refractivity contribution in [3.8, 4) is 0 Å². The van der Waals surface area contributed by atoms with Gasteiger partial charge in [0.1, 0.15) is 5.75 Å². The van der Waals surface area contributed by atoms with Gasteiger partial charge in [0.15, 0.2) is 9.84 Å². The van der Waals surface area contributed by atoms with E-state index in [-0.39, 0.29) is 0 Å². The summed E-state index contributed by atoms with van der Waals surface area (Å²) in [5, 5.41) is -0.554. The fraction of sp³-hybridized carbons (Fsp3) is 0.417. The molecule has 0 bridgehead atoms. The average Bonchev–Trinajstić information content (AvgIpc) is 2.28. The van der Waals surface area contributed by atoms with Crippen LogP contribution in [0.1, 0.15) is 13.8 Å². The maximum absolute atomic E-state index is 11.9. The normalized spacial score (nSPS) is 11.6. The van der Waals surface area contributed by atoms with Gasteiger partial charge in [-0.2, -0.15) is 0 Å². The van der Waals surface area contributed by atoms with Crippen LogP contribution < -0.4 is 10.6 Å². The smallest absolute Gasteiger partial charge is 0.241 e. The van der Waals surface area contributed by atoms with Gasteiger partial charge in [-0.25, -0.2) is 8.42 Å². The lowest BCUT2D eigenvalue weighted by Crippen LogP contribution is -2.34. The van der Waals surface area contributed by atoms with Crippen LogP contribution in [0.4, 0.5) is 11.4 Å². The molecule has 1 rings (SSSR count). The van der Waals surface area contributed by atoms with Gasteiger partial charge >= 0.3 is 0 Å². The fourth-order valence-electron chi connectivity index (χ4n) is 1.28. The van der Waals surface area contributed by atoms with Crippen LogP contribution in [0.25, 0.3) is 0 Å². The van der Waals surface area contributed by atoms with Crippen LogP contribution in [0.3, 0.4) is 0 Å². The van der Waals surface area contributed by atoms with Gasteiger partial charge in [0.05, 0.1) is 5.25 Å². The summed E-state index contributed by atoms with van der Waals surface area (Å²) in [7, 11) is -1.83. The topological polar surface area (TPSA) is 80.5 Å². The largest absolute Gasteiger partial charge is 0.399 e. The highest BCUT2D eigenvalue weighted by atomic mass is 32.2.